The summed E-state index contributed by atoms with van der Waals surface area (Å²) in [6.07, 6.45) is 4.08. The zero-order chi connectivity index (χ0) is 13.9. The molecule has 2 aromatic rings. The quantitative estimate of drug-likeness (QED) is 0.853. The van der Waals surface area contributed by atoms with Crippen LogP contribution in [0, 0.1) is 6.92 Å². The van der Waals surface area contributed by atoms with Crippen LogP contribution in [0.25, 0.3) is 0 Å². The van der Waals surface area contributed by atoms with E-state index in [2.05, 4.69) is 67.8 Å². The van der Waals surface area contributed by atoms with Gasteiger partial charge >= 0.3 is 0 Å². The number of hydrogen-bond acceptors (Lipinski definition) is 1. The monoisotopic (exact) mass is 265 g/mol. The summed E-state index contributed by atoms with van der Waals surface area (Å²) < 4.78 is 0. The molecule has 1 nitrogen and oxygen atoms in total. The molecule has 1 aliphatic carbocycles. The minimum Gasteiger partial charge on any atom is -0.309 e. The van der Waals surface area contributed by atoms with Gasteiger partial charge in [0.1, 0.15) is 0 Å². The predicted octanol–water partition coefficient (Wildman–Crippen LogP) is 4.57. The second-order valence-electron chi connectivity index (χ2n) is 5.89. The topological polar surface area (TPSA) is 12.0 Å². The highest BCUT2D eigenvalue weighted by atomic mass is 14.9. The smallest absolute Gasteiger partial charge is 0.0577 e. The molecular formula is C19H23N. The first-order chi connectivity index (χ1) is 9.79. The summed E-state index contributed by atoms with van der Waals surface area (Å²) in [6, 6.07) is 18.1. The SMILES string of the molecule is CNC(c1cccc(C)c1)c1ccccc1C1CCC1. The minimum absolute atomic E-state index is 0.298. The molecule has 0 bridgehead atoms. The number of benzene rings is 2. The van der Waals surface area contributed by atoms with E-state index >= 15 is 0 Å². The van der Waals surface area contributed by atoms with Crippen LogP contribution in [-0.2, 0) is 0 Å². The Morgan fingerprint density at radius 1 is 1.05 bits per heavy atom. The number of aryl methyl sites for hydroxylation is 1. The summed E-state index contributed by atoms with van der Waals surface area (Å²) in [5.74, 6) is 0.770. The Bertz CT molecular complexity index is 584. The van der Waals surface area contributed by atoms with Crippen LogP contribution < -0.4 is 5.32 Å². The van der Waals surface area contributed by atoms with Gasteiger partial charge in [-0.15, -0.1) is 0 Å². The molecule has 0 heterocycles. The third kappa shape index (κ3) is 2.51. The Balaban J connectivity index is 2.01. The molecular weight excluding hydrogens is 242 g/mol. The first-order valence-corrected chi connectivity index (χ1v) is 7.62. The molecule has 0 aliphatic heterocycles. The van der Waals surface area contributed by atoms with E-state index in [0.29, 0.717) is 6.04 Å². The van der Waals surface area contributed by atoms with E-state index in [1.165, 1.54) is 36.0 Å². The highest BCUT2D eigenvalue weighted by Crippen LogP contribution is 2.40. The summed E-state index contributed by atoms with van der Waals surface area (Å²) in [5.41, 5.74) is 5.67. The Hall–Kier alpha value is -1.60. The van der Waals surface area contributed by atoms with Gasteiger partial charge in [-0.2, -0.15) is 0 Å². The maximum atomic E-state index is 3.51. The van der Waals surface area contributed by atoms with Crippen LogP contribution in [0.15, 0.2) is 48.5 Å². The Labute approximate surface area is 122 Å². The van der Waals surface area contributed by atoms with Crippen LogP contribution in [0.1, 0.15) is 53.5 Å². The molecule has 1 fully saturated rings. The molecule has 0 amide bonds. The molecule has 2 aromatic carbocycles. The van der Waals surface area contributed by atoms with Gasteiger partial charge in [0.05, 0.1) is 6.04 Å². The fourth-order valence-electron chi connectivity index (χ4n) is 3.22. The molecule has 20 heavy (non-hydrogen) atoms. The molecule has 104 valence electrons. The van der Waals surface area contributed by atoms with Crippen LogP contribution in [0.2, 0.25) is 0 Å². The van der Waals surface area contributed by atoms with E-state index in [-0.39, 0.29) is 0 Å². The van der Waals surface area contributed by atoms with Crippen molar-refractivity contribution in [2.24, 2.45) is 0 Å². The fraction of sp³-hybridized carbons (Fsp3) is 0.368. The zero-order valence-corrected chi connectivity index (χ0v) is 12.4. The second-order valence-corrected chi connectivity index (χ2v) is 5.89. The van der Waals surface area contributed by atoms with E-state index < -0.39 is 0 Å². The van der Waals surface area contributed by atoms with Gasteiger partial charge in [0.2, 0.25) is 0 Å². The lowest BCUT2D eigenvalue weighted by Gasteiger charge is -2.30. The van der Waals surface area contributed by atoms with E-state index in [0.717, 1.165) is 5.92 Å². The van der Waals surface area contributed by atoms with Gasteiger partial charge in [-0.3, -0.25) is 0 Å². The fourth-order valence-corrected chi connectivity index (χ4v) is 3.22. The van der Waals surface area contributed by atoms with Crippen LogP contribution in [0.4, 0.5) is 0 Å². The second kappa shape index (κ2) is 5.80. The van der Waals surface area contributed by atoms with Crippen LogP contribution in [-0.4, -0.2) is 7.05 Å². The molecule has 3 rings (SSSR count). The molecule has 0 spiro atoms. The average Bonchev–Trinajstić information content (AvgIpc) is 2.40. The van der Waals surface area contributed by atoms with Crippen LogP contribution in [0.3, 0.4) is 0 Å². The predicted molar refractivity (Wildman–Crippen MR) is 85.1 cm³/mol. The third-order valence-corrected chi connectivity index (χ3v) is 4.52. The lowest BCUT2D eigenvalue weighted by atomic mass is 9.76. The normalized spacial score (nSPS) is 16.7. The summed E-state index contributed by atoms with van der Waals surface area (Å²) in [6.45, 7) is 2.16. The first kappa shape index (κ1) is 13.4. The molecule has 1 heteroatoms. The molecule has 0 aromatic heterocycles. The van der Waals surface area contributed by atoms with Gasteiger partial charge in [0.15, 0.2) is 0 Å². The lowest BCUT2D eigenvalue weighted by Crippen LogP contribution is -2.21. The van der Waals surface area contributed by atoms with Gasteiger partial charge in [-0.05, 0) is 49.4 Å². The van der Waals surface area contributed by atoms with Crippen molar-refractivity contribution in [1.29, 1.82) is 0 Å². The van der Waals surface area contributed by atoms with Crippen molar-refractivity contribution in [2.75, 3.05) is 7.05 Å². The Morgan fingerprint density at radius 3 is 2.50 bits per heavy atom. The highest BCUT2D eigenvalue weighted by Gasteiger charge is 2.25. The molecule has 1 saturated carbocycles. The van der Waals surface area contributed by atoms with E-state index in [1.807, 2.05) is 0 Å². The maximum Gasteiger partial charge on any atom is 0.0577 e. The van der Waals surface area contributed by atoms with Crippen molar-refractivity contribution >= 4 is 0 Å². The van der Waals surface area contributed by atoms with Gasteiger partial charge in [0.25, 0.3) is 0 Å². The maximum absolute atomic E-state index is 3.51. The zero-order valence-electron chi connectivity index (χ0n) is 12.4. The van der Waals surface area contributed by atoms with Crippen LogP contribution >= 0.6 is 0 Å². The third-order valence-electron chi connectivity index (χ3n) is 4.52. The van der Waals surface area contributed by atoms with Crippen molar-refractivity contribution in [3.05, 3.63) is 70.8 Å². The molecule has 0 radical (unpaired) electrons. The van der Waals surface area contributed by atoms with E-state index in [4.69, 9.17) is 0 Å². The largest absolute Gasteiger partial charge is 0.309 e. The molecule has 1 N–H and O–H groups in total. The van der Waals surface area contributed by atoms with E-state index in [1.54, 1.807) is 5.56 Å². The highest BCUT2D eigenvalue weighted by molar-refractivity contribution is 5.40. The first-order valence-electron chi connectivity index (χ1n) is 7.62. The Kier molecular flexibility index (Phi) is 3.88. The Morgan fingerprint density at radius 2 is 1.85 bits per heavy atom. The van der Waals surface area contributed by atoms with Gasteiger partial charge in [-0.25, -0.2) is 0 Å². The van der Waals surface area contributed by atoms with Crippen molar-refractivity contribution < 1.29 is 0 Å². The van der Waals surface area contributed by atoms with Crippen LogP contribution in [0.5, 0.6) is 0 Å². The molecule has 1 aliphatic rings. The average molecular weight is 265 g/mol. The summed E-state index contributed by atoms with van der Waals surface area (Å²) in [4.78, 5) is 0. The number of rotatable bonds is 4. The number of hydrogen-bond donors (Lipinski definition) is 1. The van der Waals surface area contributed by atoms with Gasteiger partial charge in [0, 0.05) is 0 Å². The summed E-state index contributed by atoms with van der Waals surface area (Å²) in [5, 5.41) is 3.51. The molecule has 1 atom stereocenters. The summed E-state index contributed by atoms with van der Waals surface area (Å²) >= 11 is 0. The van der Waals surface area contributed by atoms with Gasteiger partial charge < -0.3 is 5.32 Å². The van der Waals surface area contributed by atoms with E-state index in [9.17, 15) is 0 Å². The van der Waals surface area contributed by atoms with Crippen molar-refractivity contribution in [3.8, 4) is 0 Å². The molecule has 0 saturated heterocycles. The lowest BCUT2D eigenvalue weighted by molar-refractivity contribution is 0.415. The van der Waals surface area contributed by atoms with Crippen molar-refractivity contribution in [2.45, 2.75) is 38.1 Å². The van der Waals surface area contributed by atoms with Crippen molar-refractivity contribution in [1.82, 2.24) is 5.32 Å². The van der Waals surface area contributed by atoms with Crippen molar-refractivity contribution in [3.63, 3.8) is 0 Å². The summed E-state index contributed by atoms with van der Waals surface area (Å²) in [7, 11) is 2.06. The van der Waals surface area contributed by atoms with Gasteiger partial charge in [-0.1, -0.05) is 60.5 Å². The number of nitrogens with one attached hydrogen (secondary N) is 1. The minimum atomic E-state index is 0.298. The standard InChI is InChI=1S/C19H23N/c1-14-7-5-10-16(13-14)19(20-2)18-12-4-3-11-17(18)15-8-6-9-15/h3-5,7,10-13,15,19-20H,6,8-9H2,1-2H3. The molecule has 1 unspecified atom stereocenters.